The van der Waals surface area contributed by atoms with Gasteiger partial charge < -0.3 is 15.5 Å². The predicted molar refractivity (Wildman–Crippen MR) is 177 cm³/mol. The molecule has 2 aromatic heterocycles. The average Bonchev–Trinajstić information content (AvgIpc) is 3.41. The minimum absolute atomic E-state index is 0.0823. The average molecular weight is 635 g/mol. The number of aromatic nitrogens is 4. The number of benzene rings is 1. The largest absolute Gasteiger partial charge is 0.351 e. The number of hydrogen-bond donors (Lipinski definition) is 2. The van der Waals surface area contributed by atoms with Crippen LogP contribution in [0.4, 0.5) is 11.6 Å². The van der Waals surface area contributed by atoms with E-state index in [4.69, 9.17) is 4.98 Å². The molecule has 12 heteroatoms. The number of piperidine rings is 2. The van der Waals surface area contributed by atoms with Crippen LogP contribution in [0.3, 0.4) is 0 Å². The van der Waals surface area contributed by atoms with Crippen molar-refractivity contribution in [1.82, 2.24) is 29.0 Å². The number of hydrogen-bond acceptors (Lipinski definition) is 8. The summed E-state index contributed by atoms with van der Waals surface area (Å²) in [6, 6.07) is 6.24. The van der Waals surface area contributed by atoms with Gasteiger partial charge in [-0.3, -0.25) is 9.48 Å². The number of likely N-dealkylation sites (tertiary alicyclic amines) is 1. The van der Waals surface area contributed by atoms with Gasteiger partial charge in [-0.2, -0.15) is 5.10 Å². The van der Waals surface area contributed by atoms with Gasteiger partial charge in [0.05, 0.1) is 17.1 Å². The van der Waals surface area contributed by atoms with Gasteiger partial charge in [-0.15, -0.1) is 0 Å². The standard InChI is InChI=1S/C33H46N8O3S/c1-4-23-10-9-11-24(5-2)28(23)36-32(42)30-27-13-12-25-22-34-33(37-29(25)31(27)39(3)38-30)35-26-14-18-41(19-15-26)45(43,44)21-20-40-16-7-6-8-17-40/h9-11,22,26H,4-8,12-21H2,1-3H3,(H,36,42)(H,34,35,37). The zero-order chi connectivity index (χ0) is 31.6. The molecule has 2 aliphatic heterocycles. The maximum Gasteiger partial charge on any atom is 0.276 e. The highest BCUT2D eigenvalue weighted by Crippen LogP contribution is 2.35. The van der Waals surface area contributed by atoms with Crippen molar-refractivity contribution in [2.75, 3.05) is 49.1 Å². The number of sulfonamides is 1. The summed E-state index contributed by atoms with van der Waals surface area (Å²) < 4.78 is 29.5. The molecule has 1 aliphatic carbocycles. The van der Waals surface area contributed by atoms with E-state index in [0.29, 0.717) is 50.5 Å². The second-order valence-electron chi connectivity index (χ2n) is 12.5. The quantitative estimate of drug-likeness (QED) is 0.342. The van der Waals surface area contributed by atoms with Crippen LogP contribution < -0.4 is 10.6 Å². The third kappa shape index (κ3) is 6.78. The normalized spacial score (nSPS) is 17.9. The molecule has 4 heterocycles. The first-order valence-electron chi connectivity index (χ1n) is 16.6. The van der Waals surface area contributed by atoms with Crippen LogP contribution >= 0.6 is 0 Å². The Hall–Kier alpha value is -3.35. The van der Waals surface area contributed by atoms with Crippen LogP contribution in [-0.4, -0.2) is 87.8 Å². The van der Waals surface area contributed by atoms with Crippen molar-refractivity contribution in [2.24, 2.45) is 7.05 Å². The Morgan fingerprint density at radius 3 is 2.40 bits per heavy atom. The molecule has 2 N–H and O–H groups in total. The van der Waals surface area contributed by atoms with E-state index in [-0.39, 0.29) is 17.7 Å². The Morgan fingerprint density at radius 1 is 1.00 bits per heavy atom. The summed E-state index contributed by atoms with van der Waals surface area (Å²) in [7, 11) is -1.41. The van der Waals surface area contributed by atoms with Gasteiger partial charge in [0.15, 0.2) is 5.69 Å². The molecule has 2 saturated heterocycles. The molecule has 45 heavy (non-hydrogen) atoms. The van der Waals surface area contributed by atoms with Gasteiger partial charge in [0.25, 0.3) is 5.91 Å². The van der Waals surface area contributed by atoms with Crippen LogP contribution in [0.15, 0.2) is 24.4 Å². The number of carbonyl (C=O) groups excluding carboxylic acids is 1. The molecule has 0 bridgehead atoms. The Kier molecular flexibility index (Phi) is 9.53. The fourth-order valence-corrected chi connectivity index (χ4v) is 8.51. The number of nitrogens with one attached hydrogen (secondary N) is 2. The second kappa shape index (κ2) is 13.6. The van der Waals surface area contributed by atoms with Crippen LogP contribution in [0.5, 0.6) is 0 Å². The Bertz CT molecular complexity index is 1620. The Balaban J connectivity index is 1.13. The molecule has 3 aliphatic rings. The zero-order valence-electron chi connectivity index (χ0n) is 26.8. The highest BCUT2D eigenvalue weighted by atomic mass is 32.2. The summed E-state index contributed by atoms with van der Waals surface area (Å²) in [6.07, 6.45) is 9.91. The van der Waals surface area contributed by atoms with Crippen molar-refractivity contribution in [3.05, 3.63) is 52.3 Å². The van der Waals surface area contributed by atoms with E-state index >= 15 is 0 Å². The minimum Gasteiger partial charge on any atom is -0.351 e. The summed E-state index contributed by atoms with van der Waals surface area (Å²) in [5, 5.41) is 11.3. The Morgan fingerprint density at radius 2 is 1.71 bits per heavy atom. The van der Waals surface area contributed by atoms with E-state index in [1.54, 1.807) is 8.99 Å². The third-order valence-electron chi connectivity index (χ3n) is 9.63. The molecule has 1 amide bonds. The van der Waals surface area contributed by atoms with Gasteiger partial charge in [-0.1, -0.05) is 38.5 Å². The molecule has 11 nitrogen and oxygen atoms in total. The minimum atomic E-state index is -3.27. The zero-order valence-corrected chi connectivity index (χ0v) is 27.6. The van der Waals surface area contributed by atoms with Crippen LogP contribution in [-0.2, 0) is 42.8 Å². The first-order valence-corrected chi connectivity index (χ1v) is 18.2. The predicted octanol–water partition coefficient (Wildman–Crippen LogP) is 4.04. The lowest BCUT2D eigenvalue weighted by atomic mass is 9.93. The fraction of sp³-hybridized carbons (Fsp3) is 0.576. The summed E-state index contributed by atoms with van der Waals surface area (Å²) >= 11 is 0. The van der Waals surface area contributed by atoms with Crippen molar-refractivity contribution in [1.29, 1.82) is 0 Å². The highest BCUT2D eigenvalue weighted by molar-refractivity contribution is 7.89. The lowest BCUT2D eigenvalue weighted by Crippen LogP contribution is -2.45. The van der Waals surface area contributed by atoms with Crippen molar-refractivity contribution in [3.8, 4) is 11.4 Å². The molecule has 0 saturated carbocycles. The van der Waals surface area contributed by atoms with Crippen molar-refractivity contribution >= 4 is 27.6 Å². The van der Waals surface area contributed by atoms with Crippen molar-refractivity contribution < 1.29 is 13.2 Å². The molecule has 242 valence electrons. The fourth-order valence-electron chi connectivity index (χ4n) is 7.00. The second-order valence-corrected chi connectivity index (χ2v) is 14.6. The van der Waals surface area contributed by atoms with Gasteiger partial charge in [-0.25, -0.2) is 22.7 Å². The number of nitrogens with zero attached hydrogens (tertiary/aromatic N) is 6. The summed E-state index contributed by atoms with van der Waals surface area (Å²) in [5.41, 5.74) is 7.13. The topological polar surface area (TPSA) is 125 Å². The van der Waals surface area contributed by atoms with Gasteiger partial charge in [0.2, 0.25) is 16.0 Å². The van der Waals surface area contributed by atoms with Crippen LogP contribution in [0, 0.1) is 0 Å². The molecule has 1 aromatic carbocycles. The van der Waals surface area contributed by atoms with Crippen molar-refractivity contribution in [3.63, 3.8) is 0 Å². The van der Waals surface area contributed by atoms with E-state index in [0.717, 1.165) is 84.5 Å². The van der Waals surface area contributed by atoms with Gasteiger partial charge in [-0.05, 0) is 81.1 Å². The molecule has 6 rings (SSSR count). The molecular weight excluding hydrogens is 588 g/mol. The first-order chi connectivity index (χ1) is 21.8. The Labute approximate surface area is 266 Å². The van der Waals surface area contributed by atoms with E-state index in [1.165, 1.54) is 6.42 Å². The number of fused-ring (bicyclic) bond motifs is 3. The molecule has 0 atom stereocenters. The number of amides is 1. The smallest absolute Gasteiger partial charge is 0.276 e. The number of aryl methyl sites for hydroxylation is 4. The molecule has 0 radical (unpaired) electrons. The maximum absolute atomic E-state index is 13.6. The third-order valence-corrected chi connectivity index (χ3v) is 11.5. The molecule has 3 aromatic rings. The highest BCUT2D eigenvalue weighted by Gasteiger charge is 2.31. The van der Waals surface area contributed by atoms with Crippen LogP contribution in [0.25, 0.3) is 11.4 Å². The number of carbonyl (C=O) groups is 1. The lowest BCUT2D eigenvalue weighted by Gasteiger charge is -2.33. The number of rotatable bonds is 10. The van der Waals surface area contributed by atoms with E-state index in [1.807, 2.05) is 19.3 Å². The van der Waals surface area contributed by atoms with E-state index in [2.05, 4.69) is 51.6 Å². The van der Waals surface area contributed by atoms with Gasteiger partial charge >= 0.3 is 0 Å². The van der Waals surface area contributed by atoms with Gasteiger partial charge in [0.1, 0.15) is 0 Å². The molecular formula is C33H46N8O3S. The SMILES string of the molecule is CCc1cccc(CC)c1NC(=O)c1nn(C)c2c1CCc1cnc(NC3CCN(S(=O)(=O)CCN4CCCCC4)CC3)nc1-2. The summed E-state index contributed by atoms with van der Waals surface area (Å²) in [5.74, 6) is 0.511. The van der Waals surface area contributed by atoms with E-state index < -0.39 is 10.0 Å². The number of para-hydroxylation sites is 1. The van der Waals surface area contributed by atoms with Gasteiger partial charge in [0, 0.05) is 50.2 Å². The summed E-state index contributed by atoms with van der Waals surface area (Å²) in [6.45, 7) is 7.81. The maximum atomic E-state index is 13.6. The van der Waals surface area contributed by atoms with Crippen LogP contribution in [0.2, 0.25) is 0 Å². The van der Waals surface area contributed by atoms with Crippen molar-refractivity contribution in [2.45, 2.75) is 77.7 Å². The number of anilines is 2. The summed E-state index contributed by atoms with van der Waals surface area (Å²) in [4.78, 5) is 25.4. The molecule has 0 unspecified atom stereocenters. The molecule has 0 spiro atoms. The monoisotopic (exact) mass is 634 g/mol. The lowest BCUT2D eigenvalue weighted by molar-refractivity contribution is 0.102. The van der Waals surface area contributed by atoms with E-state index in [9.17, 15) is 13.2 Å². The first kappa shape index (κ1) is 31.6. The molecule has 2 fully saturated rings. The van der Waals surface area contributed by atoms with Crippen LogP contribution in [0.1, 0.15) is 78.7 Å².